The third-order valence-corrected chi connectivity index (χ3v) is 3.63. The van der Waals surface area contributed by atoms with E-state index < -0.39 is 12.0 Å². The molecule has 1 rings (SSSR count). The van der Waals surface area contributed by atoms with Crippen molar-refractivity contribution in [3.8, 4) is 0 Å². The number of carbonyl (C=O) groups is 1. The summed E-state index contributed by atoms with van der Waals surface area (Å²) in [4.78, 5) is 13.5. The molecule has 2 unspecified atom stereocenters. The van der Waals surface area contributed by atoms with E-state index in [0.717, 1.165) is 25.9 Å². The van der Waals surface area contributed by atoms with Gasteiger partial charge in [0.1, 0.15) is 6.04 Å². The second kappa shape index (κ2) is 9.28. The highest BCUT2D eigenvalue weighted by Crippen LogP contribution is 2.20. The van der Waals surface area contributed by atoms with Crippen LogP contribution in [0, 0.1) is 0 Å². The van der Waals surface area contributed by atoms with E-state index in [2.05, 4.69) is 17.1 Å². The van der Waals surface area contributed by atoms with Crippen LogP contribution in [0.15, 0.2) is 0 Å². The number of nitrogens with one attached hydrogen (secondary N) is 1. The van der Waals surface area contributed by atoms with E-state index in [0.29, 0.717) is 25.7 Å². The quantitative estimate of drug-likeness (QED) is 0.547. The first-order chi connectivity index (χ1) is 9.58. The fraction of sp³-hybridized carbons (Fsp3) is 0.929. The highest BCUT2D eigenvalue weighted by Gasteiger charge is 2.28. The van der Waals surface area contributed by atoms with Gasteiger partial charge in [0.25, 0.3) is 0 Å². The normalized spacial score (nSPS) is 18.2. The minimum atomic E-state index is -0.761. The van der Waals surface area contributed by atoms with Crippen LogP contribution in [-0.2, 0) is 14.3 Å². The van der Waals surface area contributed by atoms with E-state index in [1.165, 1.54) is 0 Å². The topological polar surface area (TPSA) is 71.0 Å². The first-order valence-corrected chi connectivity index (χ1v) is 7.29. The molecule has 0 heterocycles. The zero-order valence-corrected chi connectivity index (χ0v) is 12.8. The Labute approximate surface area is 121 Å². The summed E-state index contributed by atoms with van der Waals surface area (Å²) in [6.45, 7) is 4.88. The van der Waals surface area contributed by atoms with Crippen LogP contribution in [0.1, 0.15) is 26.2 Å². The Morgan fingerprint density at radius 1 is 1.35 bits per heavy atom. The Kier molecular flexibility index (Phi) is 8.06. The van der Waals surface area contributed by atoms with Gasteiger partial charge in [-0.2, -0.15) is 0 Å². The van der Waals surface area contributed by atoms with Gasteiger partial charge in [0.15, 0.2) is 0 Å². The number of hydrogen-bond acceptors (Lipinski definition) is 5. The predicted molar refractivity (Wildman–Crippen MR) is 77.0 cm³/mol. The summed E-state index contributed by atoms with van der Waals surface area (Å²) >= 11 is 0. The van der Waals surface area contributed by atoms with Gasteiger partial charge in [0, 0.05) is 39.4 Å². The Bertz CT molecular complexity index is 284. The van der Waals surface area contributed by atoms with Crippen molar-refractivity contribution >= 4 is 5.97 Å². The summed E-state index contributed by atoms with van der Waals surface area (Å²) in [6, 6.07) is 0.202. The lowest BCUT2D eigenvalue weighted by Gasteiger charge is -2.29. The Balaban J connectivity index is 2.42. The highest BCUT2D eigenvalue weighted by molar-refractivity contribution is 5.73. The monoisotopic (exact) mass is 288 g/mol. The van der Waals surface area contributed by atoms with Crippen molar-refractivity contribution in [2.24, 2.45) is 0 Å². The van der Waals surface area contributed by atoms with Gasteiger partial charge in [-0.1, -0.05) is 0 Å². The molecular weight excluding hydrogens is 260 g/mol. The van der Waals surface area contributed by atoms with Crippen molar-refractivity contribution in [2.75, 3.05) is 40.5 Å². The van der Waals surface area contributed by atoms with Gasteiger partial charge in [0.05, 0.1) is 13.2 Å². The fourth-order valence-electron chi connectivity index (χ4n) is 2.22. The predicted octanol–water partition coefficient (Wildman–Crippen LogP) is 0.565. The Hall–Kier alpha value is -0.690. The zero-order valence-electron chi connectivity index (χ0n) is 12.8. The van der Waals surface area contributed by atoms with E-state index in [1.54, 1.807) is 14.2 Å². The van der Waals surface area contributed by atoms with Gasteiger partial charge in [-0.25, -0.2) is 0 Å². The van der Waals surface area contributed by atoms with Gasteiger partial charge in [0.2, 0.25) is 0 Å². The second-order valence-electron chi connectivity index (χ2n) is 5.45. The van der Waals surface area contributed by atoms with Crippen LogP contribution in [-0.4, -0.2) is 74.6 Å². The number of carboxylic acid groups (broad SMARTS) is 1. The average molecular weight is 288 g/mol. The van der Waals surface area contributed by atoms with Crippen LogP contribution in [0.5, 0.6) is 0 Å². The Morgan fingerprint density at radius 3 is 2.55 bits per heavy atom. The molecular formula is C14H28N2O4. The number of ether oxygens (including phenoxy) is 2. The number of carboxylic acids is 1. The third kappa shape index (κ3) is 6.65. The molecule has 1 aliphatic carbocycles. The SMILES string of the molecule is COCCN(CCC(NC1CC1)C(=O)O)C(C)COC. The lowest BCUT2D eigenvalue weighted by Crippen LogP contribution is -2.44. The minimum absolute atomic E-state index is 0.255. The Morgan fingerprint density at radius 2 is 2.05 bits per heavy atom. The molecule has 0 aromatic carbocycles. The van der Waals surface area contributed by atoms with Crippen molar-refractivity contribution < 1.29 is 19.4 Å². The molecule has 1 saturated carbocycles. The van der Waals surface area contributed by atoms with Crippen molar-refractivity contribution in [2.45, 2.75) is 44.3 Å². The van der Waals surface area contributed by atoms with Crippen LogP contribution in [0.2, 0.25) is 0 Å². The van der Waals surface area contributed by atoms with E-state index in [-0.39, 0.29) is 6.04 Å². The van der Waals surface area contributed by atoms with E-state index >= 15 is 0 Å². The van der Waals surface area contributed by atoms with Gasteiger partial charge in [-0.15, -0.1) is 0 Å². The summed E-state index contributed by atoms with van der Waals surface area (Å²) in [5.74, 6) is -0.761. The number of rotatable bonds is 12. The molecule has 2 atom stereocenters. The maximum absolute atomic E-state index is 11.3. The van der Waals surface area contributed by atoms with Crippen LogP contribution in [0.25, 0.3) is 0 Å². The minimum Gasteiger partial charge on any atom is -0.480 e. The molecule has 0 bridgehead atoms. The van der Waals surface area contributed by atoms with Gasteiger partial charge >= 0.3 is 5.97 Å². The molecule has 6 nitrogen and oxygen atoms in total. The third-order valence-electron chi connectivity index (χ3n) is 3.63. The molecule has 0 aromatic heterocycles. The molecule has 1 fully saturated rings. The van der Waals surface area contributed by atoms with E-state index in [4.69, 9.17) is 9.47 Å². The van der Waals surface area contributed by atoms with Gasteiger partial charge in [-0.05, 0) is 26.2 Å². The summed E-state index contributed by atoms with van der Waals surface area (Å²) in [6.07, 6.45) is 2.79. The molecule has 0 radical (unpaired) electrons. The van der Waals surface area contributed by atoms with E-state index in [9.17, 15) is 9.90 Å². The smallest absolute Gasteiger partial charge is 0.320 e. The van der Waals surface area contributed by atoms with Crippen LogP contribution >= 0.6 is 0 Å². The summed E-state index contributed by atoms with van der Waals surface area (Å²) in [5, 5.41) is 12.4. The van der Waals surface area contributed by atoms with Crippen molar-refractivity contribution in [1.29, 1.82) is 0 Å². The van der Waals surface area contributed by atoms with Gasteiger partial charge in [-0.3, -0.25) is 9.69 Å². The first kappa shape index (κ1) is 17.4. The largest absolute Gasteiger partial charge is 0.480 e. The molecule has 0 aromatic rings. The molecule has 0 amide bonds. The molecule has 0 saturated heterocycles. The first-order valence-electron chi connectivity index (χ1n) is 7.29. The number of nitrogens with zero attached hydrogens (tertiary/aromatic N) is 1. The molecule has 6 heteroatoms. The number of hydrogen-bond donors (Lipinski definition) is 2. The highest BCUT2D eigenvalue weighted by atomic mass is 16.5. The molecule has 1 aliphatic rings. The van der Waals surface area contributed by atoms with Crippen molar-refractivity contribution in [3.63, 3.8) is 0 Å². The summed E-state index contributed by atoms with van der Waals surface area (Å²) in [5.41, 5.74) is 0. The number of aliphatic carboxylic acids is 1. The summed E-state index contributed by atoms with van der Waals surface area (Å²) in [7, 11) is 3.35. The zero-order chi connectivity index (χ0) is 15.0. The molecule has 2 N–H and O–H groups in total. The molecule has 118 valence electrons. The molecule has 0 spiro atoms. The van der Waals surface area contributed by atoms with E-state index in [1.807, 2.05) is 0 Å². The lowest BCUT2D eigenvalue weighted by atomic mass is 10.1. The molecule has 20 heavy (non-hydrogen) atoms. The second-order valence-corrected chi connectivity index (χ2v) is 5.45. The maximum atomic E-state index is 11.3. The van der Waals surface area contributed by atoms with Crippen LogP contribution < -0.4 is 5.32 Å². The van der Waals surface area contributed by atoms with Crippen molar-refractivity contribution in [1.82, 2.24) is 10.2 Å². The standard InChI is InChI=1S/C14H28N2O4/c1-11(10-20-3)16(8-9-19-2)7-6-13(14(17)18)15-12-4-5-12/h11-13,15H,4-10H2,1-3H3,(H,17,18). The lowest BCUT2D eigenvalue weighted by molar-refractivity contribution is -0.139. The summed E-state index contributed by atoms with van der Waals surface area (Å²) < 4.78 is 10.3. The van der Waals surface area contributed by atoms with Crippen LogP contribution in [0.3, 0.4) is 0 Å². The van der Waals surface area contributed by atoms with Crippen molar-refractivity contribution in [3.05, 3.63) is 0 Å². The average Bonchev–Trinajstić information content (AvgIpc) is 3.21. The number of methoxy groups -OCH3 is 2. The van der Waals surface area contributed by atoms with Crippen LogP contribution in [0.4, 0.5) is 0 Å². The maximum Gasteiger partial charge on any atom is 0.320 e. The molecule has 0 aliphatic heterocycles. The fourth-order valence-corrected chi connectivity index (χ4v) is 2.22. The van der Waals surface area contributed by atoms with Gasteiger partial charge < -0.3 is 19.9 Å².